The summed E-state index contributed by atoms with van der Waals surface area (Å²) in [5.74, 6) is 0.472. The molecule has 0 aromatic rings. The highest BCUT2D eigenvalue weighted by atomic mass is 16.6. The molecule has 2 aliphatic rings. The summed E-state index contributed by atoms with van der Waals surface area (Å²) in [5, 5.41) is 3.73. The minimum Gasteiger partial charge on any atom is -0.390 e. The maximum absolute atomic E-state index is 11.2. The molecule has 0 spiro atoms. The van der Waals surface area contributed by atoms with E-state index >= 15 is 0 Å². The van der Waals surface area contributed by atoms with Crippen LogP contribution in [0.1, 0.15) is 6.92 Å². The summed E-state index contributed by atoms with van der Waals surface area (Å²) >= 11 is 0. The van der Waals surface area contributed by atoms with Gasteiger partial charge in [0.25, 0.3) is 0 Å². The third-order valence-electron chi connectivity index (χ3n) is 2.56. The van der Waals surface area contributed by atoms with Crippen molar-refractivity contribution in [1.82, 2.24) is 4.90 Å². The summed E-state index contributed by atoms with van der Waals surface area (Å²) in [5.41, 5.74) is 0. The lowest BCUT2D eigenvalue weighted by molar-refractivity contribution is -0.124. The van der Waals surface area contributed by atoms with Gasteiger partial charge in [-0.1, -0.05) is 5.16 Å². The van der Waals surface area contributed by atoms with E-state index in [0.717, 1.165) is 6.54 Å². The van der Waals surface area contributed by atoms with Crippen LogP contribution in [0.5, 0.6) is 0 Å². The van der Waals surface area contributed by atoms with Crippen LogP contribution in [0, 0.1) is 5.92 Å². The average Bonchev–Trinajstić information content (AvgIpc) is 2.44. The summed E-state index contributed by atoms with van der Waals surface area (Å²) in [6, 6.07) is -0.0995. The van der Waals surface area contributed by atoms with Gasteiger partial charge in [-0.05, 0) is 14.0 Å². The molecule has 3 atom stereocenters. The first-order valence-corrected chi connectivity index (χ1v) is 4.10. The molecule has 0 aliphatic carbocycles. The molecule has 0 radical (unpaired) electrons. The second kappa shape index (κ2) is 2.55. The van der Waals surface area contributed by atoms with Gasteiger partial charge in [0.05, 0.1) is 12.1 Å². The van der Waals surface area contributed by atoms with E-state index < -0.39 is 0 Å². The number of rotatable bonds is 1. The Labute approximate surface area is 71.2 Å². The first-order valence-electron chi connectivity index (χ1n) is 4.10. The first-order chi connectivity index (χ1) is 5.70. The predicted molar refractivity (Wildman–Crippen MR) is 44.0 cm³/mol. The minimum absolute atomic E-state index is 0.0347. The molecule has 3 unspecified atom stereocenters. The summed E-state index contributed by atoms with van der Waals surface area (Å²) < 4.78 is 0. The molecule has 12 heavy (non-hydrogen) atoms. The number of carbonyl (C=O) groups excluding carboxylic acids is 1. The molecular formula is C8H12N2O2. The Morgan fingerprint density at radius 2 is 2.50 bits per heavy atom. The van der Waals surface area contributed by atoms with Gasteiger partial charge in [-0.15, -0.1) is 0 Å². The molecule has 2 heterocycles. The van der Waals surface area contributed by atoms with Gasteiger partial charge in [0, 0.05) is 6.54 Å². The number of likely N-dealkylation sites (tertiary alicyclic amines) is 1. The van der Waals surface area contributed by atoms with E-state index in [4.69, 9.17) is 4.84 Å². The second-order valence-electron chi connectivity index (χ2n) is 3.48. The van der Waals surface area contributed by atoms with Crippen LogP contribution in [0.25, 0.3) is 0 Å². The number of Topliss-reactive ketones (excluding diaryl/α,β-unsaturated/α-hetero) is 1. The molecule has 0 bridgehead atoms. The smallest absolute Gasteiger partial charge is 0.159 e. The van der Waals surface area contributed by atoms with Crippen molar-refractivity contribution >= 4 is 12.0 Å². The van der Waals surface area contributed by atoms with Crippen LogP contribution < -0.4 is 0 Å². The van der Waals surface area contributed by atoms with Crippen molar-refractivity contribution in [1.29, 1.82) is 0 Å². The lowest BCUT2D eigenvalue weighted by atomic mass is 10.0. The molecule has 0 N–H and O–H groups in total. The van der Waals surface area contributed by atoms with Crippen molar-refractivity contribution in [3.8, 4) is 0 Å². The van der Waals surface area contributed by atoms with Crippen LogP contribution in [0.3, 0.4) is 0 Å². The molecule has 0 aromatic heterocycles. The van der Waals surface area contributed by atoms with Gasteiger partial charge in [-0.3, -0.25) is 9.69 Å². The van der Waals surface area contributed by atoms with Gasteiger partial charge < -0.3 is 4.84 Å². The Hall–Kier alpha value is -0.900. The zero-order valence-electron chi connectivity index (χ0n) is 7.23. The van der Waals surface area contributed by atoms with E-state index in [1.807, 2.05) is 11.9 Å². The van der Waals surface area contributed by atoms with Gasteiger partial charge in [0.1, 0.15) is 6.04 Å². The normalized spacial score (nSPS) is 39.7. The van der Waals surface area contributed by atoms with Crippen molar-refractivity contribution in [2.75, 3.05) is 13.6 Å². The van der Waals surface area contributed by atoms with E-state index in [0.29, 0.717) is 5.92 Å². The molecular weight excluding hydrogens is 156 g/mol. The molecule has 4 nitrogen and oxygen atoms in total. The Kier molecular flexibility index (Phi) is 1.65. The molecule has 0 saturated carbocycles. The molecule has 66 valence electrons. The Bertz CT molecular complexity index is 239. The molecule has 0 aromatic carbocycles. The monoisotopic (exact) mass is 168 g/mol. The second-order valence-corrected chi connectivity index (χ2v) is 3.48. The van der Waals surface area contributed by atoms with Crippen molar-refractivity contribution in [3.05, 3.63) is 0 Å². The van der Waals surface area contributed by atoms with E-state index in [2.05, 4.69) is 5.16 Å². The third kappa shape index (κ3) is 0.948. The lowest BCUT2D eigenvalue weighted by Gasteiger charge is -2.19. The number of hydrogen-bond donors (Lipinski definition) is 0. The number of carbonyl (C=O) groups is 1. The molecule has 4 heteroatoms. The van der Waals surface area contributed by atoms with Gasteiger partial charge >= 0.3 is 0 Å². The maximum atomic E-state index is 11.2. The van der Waals surface area contributed by atoms with Crippen LogP contribution in [-0.4, -0.2) is 42.6 Å². The van der Waals surface area contributed by atoms with Crippen molar-refractivity contribution in [2.24, 2.45) is 11.1 Å². The highest BCUT2D eigenvalue weighted by Crippen LogP contribution is 2.28. The number of fused-ring (bicyclic) bond motifs is 1. The van der Waals surface area contributed by atoms with Crippen LogP contribution in [-0.2, 0) is 9.63 Å². The van der Waals surface area contributed by atoms with Gasteiger partial charge in [-0.25, -0.2) is 0 Å². The van der Waals surface area contributed by atoms with E-state index in [1.54, 1.807) is 13.1 Å². The van der Waals surface area contributed by atoms with E-state index in [9.17, 15) is 4.79 Å². The third-order valence-corrected chi connectivity index (χ3v) is 2.56. The molecule has 2 rings (SSSR count). The number of likely N-dealkylation sites (N-methyl/N-ethyl adjacent to an activating group) is 1. The topological polar surface area (TPSA) is 41.9 Å². The Morgan fingerprint density at radius 3 is 3.17 bits per heavy atom. The molecule has 0 amide bonds. The zero-order valence-corrected chi connectivity index (χ0v) is 7.23. The average molecular weight is 168 g/mol. The van der Waals surface area contributed by atoms with Crippen molar-refractivity contribution in [2.45, 2.75) is 19.1 Å². The standard InChI is InChI=1S/C8H12N2O2/c1-5(11)7-8-6(3-9-12-8)4-10(7)2/h3,6-8H,4H2,1-2H3. The Balaban J connectivity index is 2.19. The fourth-order valence-corrected chi connectivity index (χ4v) is 2.03. The summed E-state index contributed by atoms with van der Waals surface area (Å²) in [6.07, 6.45) is 1.76. The number of hydrogen-bond acceptors (Lipinski definition) is 4. The highest BCUT2D eigenvalue weighted by Gasteiger charge is 2.46. The Morgan fingerprint density at radius 1 is 1.75 bits per heavy atom. The molecule has 1 fully saturated rings. The van der Waals surface area contributed by atoms with Crippen molar-refractivity contribution < 1.29 is 9.63 Å². The number of oxime groups is 1. The summed E-state index contributed by atoms with van der Waals surface area (Å²) in [4.78, 5) is 18.4. The summed E-state index contributed by atoms with van der Waals surface area (Å²) in [6.45, 7) is 2.48. The van der Waals surface area contributed by atoms with E-state index in [-0.39, 0.29) is 17.9 Å². The van der Waals surface area contributed by atoms with E-state index in [1.165, 1.54) is 0 Å². The van der Waals surface area contributed by atoms with Gasteiger partial charge in [0.2, 0.25) is 0 Å². The number of ketones is 1. The van der Waals surface area contributed by atoms with Crippen LogP contribution in [0.15, 0.2) is 5.16 Å². The molecule has 2 aliphatic heterocycles. The fraction of sp³-hybridized carbons (Fsp3) is 0.750. The largest absolute Gasteiger partial charge is 0.390 e. The summed E-state index contributed by atoms with van der Waals surface area (Å²) in [7, 11) is 1.95. The van der Waals surface area contributed by atoms with Crippen LogP contribution >= 0.6 is 0 Å². The predicted octanol–water partition coefficient (Wildman–Crippen LogP) is -0.110. The van der Waals surface area contributed by atoms with Crippen LogP contribution in [0.2, 0.25) is 0 Å². The quantitative estimate of drug-likeness (QED) is 0.548. The number of nitrogens with zero attached hydrogens (tertiary/aromatic N) is 2. The lowest BCUT2D eigenvalue weighted by Crippen LogP contribution is -2.39. The fourth-order valence-electron chi connectivity index (χ4n) is 2.03. The first kappa shape index (κ1) is 7.73. The van der Waals surface area contributed by atoms with Gasteiger partial charge in [-0.2, -0.15) is 0 Å². The molecule has 1 saturated heterocycles. The SMILES string of the molecule is CC(=O)C1C2ON=CC2CN1C. The highest BCUT2D eigenvalue weighted by molar-refractivity contribution is 5.84. The minimum atomic E-state index is -0.0995. The van der Waals surface area contributed by atoms with Gasteiger partial charge in [0.15, 0.2) is 11.9 Å². The zero-order chi connectivity index (χ0) is 8.72. The van der Waals surface area contributed by atoms with Crippen molar-refractivity contribution in [3.63, 3.8) is 0 Å². The maximum Gasteiger partial charge on any atom is 0.159 e. The van der Waals surface area contributed by atoms with Crippen LogP contribution in [0.4, 0.5) is 0 Å².